The molecule has 0 aliphatic heterocycles. The summed E-state index contributed by atoms with van der Waals surface area (Å²) in [5.74, 6) is 0. The Hall–Kier alpha value is -0.900. The van der Waals surface area contributed by atoms with Crippen molar-refractivity contribution >= 4 is 22.6 Å². The first-order chi connectivity index (χ1) is 8.34. The third-order valence-corrected chi connectivity index (χ3v) is 4.12. The van der Waals surface area contributed by atoms with E-state index in [1.165, 1.54) is 39.7 Å². The minimum Gasteiger partial charge on any atom is -0.251 e. The van der Waals surface area contributed by atoms with Gasteiger partial charge in [-0.3, -0.25) is 4.98 Å². The minimum absolute atomic E-state index is 1.14. The Bertz CT molecular complexity index is 534. The van der Waals surface area contributed by atoms with Crippen LogP contribution in [0.4, 0.5) is 0 Å². The number of aromatic nitrogens is 1. The molecular weight excluding hydrogens is 321 g/mol. The average molecular weight is 335 g/mol. The van der Waals surface area contributed by atoms with Gasteiger partial charge in [-0.1, -0.05) is 30.3 Å². The van der Waals surface area contributed by atoms with Crippen LogP contribution in [0.1, 0.15) is 24.1 Å². The summed E-state index contributed by atoms with van der Waals surface area (Å²) in [4.78, 5) is 4.88. The highest BCUT2D eigenvalue weighted by Crippen LogP contribution is 2.28. The van der Waals surface area contributed by atoms with Crippen molar-refractivity contribution in [3.63, 3.8) is 0 Å². The van der Waals surface area contributed by atoms with E-state index in [2.05, 4.69) is 59.0 Å². The lowest BCUT2D eigenvalue weighted by Gasteiger charge is -2.17. The maximum atomic E-state index is 4.88. The van der Waals surface area contributed by atoms with Crippen LogP contribution in [0.2, 0.25) is 0 Å². The highest BCUT2D eigenvalue weighted by atomic mass is 127. The summed E-state index contributed by atoms with van der Waals surface area (Å²) >= 11 is 2.41. The predicted molar refractivity (Wildman–Crippen MR) is 79.0 cm³/mol. The van der Waals surface area contributed by atoms with E-state index >= 15 is 0 Å². The number of benzene rings is 1. The molecule has 3 rings (SSSR count). The molecule has 2 heteroatoms. The molecule has 0 saturated carbocycles. The highest BCUT2D eigenvalue weighted by Gasteiger charge is 2.14. The van der Waals surface area contributed by atoms with E-state index in [0.29, 0.717) is 0 Å². The number of rotatable bonds is 1. The number of aryl methyl sites for hydroxylation is 2. The van der Waals surface area contributed by atoms with E-state index in [4.69, 9.17) is 4.98 Å². The molecule has 17 heavy (non-hydrogen) atoms. The standard InChI is InChI=1S/C15H14IN/c16-13-10-12-8-4-5-9-14(12)17-15(13)11-6-2-1-3-7-11/h1-3,6-7,10H,4-5,8-9H2. The van der Waals surface area contributed by atoms with Crippen LogP contribution in [-0.2, 0) is 12.8 Å². The molecule has 0 bridgehead atoms. The molecule has 1 aliphatic rings. The Morgan fingerprint density at radius 2 is 1.76 bits per heavy atom. The second-order valence-corrected chi connectivity index (χ2v) is 5.66. The number of halogens is 1. The molecule has 0 amide bonds. The fraction of sp³-hybridized carbons (Fsp3) is 0.267. The number of fused-ring (bicyclic) bond motifs is 1. The van der Waals surface area contributed by atoms with Crippen LogP contribution in [0.25, 0.3) is 11.3 Å². The summed E-state index contributed by atoms with van der Waals surface area (Å²) in [6.45, 7) is 0. The zero-order chi connectivity index (χ0) is 11.7. The fourth-order valence-corrected chi connectivity index (χ4v) is 3.21. The molecule has 1 aliphatic carbocycles. The Morgan fingerprint density at radius 3 is 2.59 bits per heavy atom. The van der Waals surface area contributed by atoms with E-state index in [0.717, 1.165) is 12.1 Å². The van der Waals surface area contributed by atoms with Crippen molar-refractivity contribution in [1.29, 1.82) is 0 Å². The minimum atomic E-state index is 1.14. The van der Waals surface area contributed by atoms with Crippen LogP contribution >= 0.6 is 22.6 Å². The maximum Gasteiger partial charge on any atom is 0.0838 e. The molecule has 86 valence electrons. The average Bonchev–Trinajstić information content (AvgIpc) is 2.39. The van der Waals surface area contributed by atoms with E-state index < -0.39 is 0 Å². The molecular formula is C15H14IN. The molecule has 0 saturated heterocycles. The summed E-state index contributed by atoms with van der Waals surface area (Å²) in [5.41, 5.74) is 5.15. The summed E-state index contributed by atoms with van der Waals surface area (Å²) in [6.07, 6.45) is 4.95. The van der Waals surface area contributed by atoms with Crippen molar-refractivity contribution in [3.05, 3.63) is 51.2 Å². The van der Waals surface area contributed by atoms with E-state index in [1.54, 1.807) is 0 Å². The third-order valence-electron chi connectivity index (χ3n) is 3.30. The van der Waals surface area contributed by atoms with Crippen molar-refractivity contribution in [1.82, 2.24) is 4.98 Å². The molecule has 0 radical (unpaired) electrons. The Morgan fingerprint density at radius 1 is 1.00 bits per heavy atom. The van der Waals surface area contributed by atoms with Crippen LogP contribution in [0, 0.1) is 3.57 Å². The molecule has 1 heterocycles. The van der Waals surface area contributed by atoms with Gasteiger partial charge in [0, 0.05) is 14.8 Å². The molecule has 2 aromatic rings. The van der Waals surface area contributed by atoms with E-state index in [-0.39, 0.29) is 0 Å². The molecule has 1 nitrogen and oxygen atoms in total. The topological polar surface area (TPSA) is 12.9 Å². The molecule has 1 aromatic carbocycles. The first-order valence-electron chi connectivity index (χ1n) is 6.08. The Balaban J connectivity index is 2.12. The van der Waals surface area contributed by atoms with E-state index in [1.807, 2.05) is 0 Å². The molecule has 0 unspecified atom stereocenters. The summed E-state index contributed by atoms with van der Waals surface area (Å²) in [5, 5.41) is 0. The second-order valence-electron chi connectivity index (χ2n) is 4.50. The number of nitrogens with zero attached hydrogens (tertiary/aromatic N) is 1. The number of hydrogen-bond donors (Lipinski definition) is 0. The lowest BCUT2D eigenvalue weighted by molar-refractivity contribution is 0.668. The van der Waals surface area contributed by atoms with Crippen LogP contribution in [0.5, 0.6) is 0 Å². The fourth-order valence-electron chi connectivity index (χ4n) is 2.40. The predicted octanol–water partition coefficient (Wildman–Crippen LogP) is 4.23. The summed E-state index contributed by atoms with van der Waals surface area (Å²) in [6, 6.07) is 12.8. The summed E-state index contributed by atoms with van der Waals surface area (Å²) in [7, 11) is 0. The maximum absolute atomic E-state index is 4.88. The lowest BCUT2D eigenvalue weighted by atomic mass is 9.95. The summed E-state index contributed by atoms with van der Waals surface area (Å²) < 4.78 is 1.27. The third kappa shape index (κ3) is 2.23. The van der Waals surface area contributed by atoms with Gasteiger partial charge in [0.2, 0.25) is 0 Å². The molecule has 0 atom stereocenters. The quantitative estimate of drug-likeness (QED) is 0.711. The van der Waals surface area contributed by atoms with E-state index in [9.17, 15) is 0 Å². The van der Waals surface area contributed by atoms with Crippen molar-refractivity contribution < 1.29 is 0 Å². The SMILES string of the molecule is Ic1cc2c(nc1-c1ccccc1)CCCC2. The number of hydrogen-bond acceptors (Lipinski definition) is 1. The zero-order valence-electron chi connectivity index (χ0n) is 9.62. The van der Waals surface area contributed by atoms with Crippen LogP contribution in [0.15, 0.2) is 36.4 Å². The molecule has 1 aromatic heterocycles. The largest absolute Gasteiger partial charge is 0.251 e. The van der Waals surface area contributed by atoms with Gasteiger partial charge in [-0.2, -0.15) is 0 Å². The van der Waals surface area contributed by atoms with Gasteiger partial charge in [0.25, 0.3) is 0 Å². The lowest BCUT2D eigenvalue weighted by Crippen LogP contribution is -2.07. The van der Waals surface area contributed by atoms with Gasteiger partial charge in [-0.05, 0) is 59.9 Å². The van der Waals surface area contributed by atoms with Gasteiger partial charge in [-0.15, -0.1) is 0 Å². The monoisotopic (exact) mass is 335 g/mol. The van der Waals surface area contributed by atoms with Gasteiger partial charge < -0.3 is 0 Å². The smallest absolute Gasteiger partial charge is 0.0838 e. The van der Waals surface area contributed by atoms with Crippen molar-refractivity contribution in [3.8, 4) is 11.3 Å². The Labute approximate surface area is 115 Å². The van der Waals surface area contributed by atoms with Gasteiger partial charge >= 0.3 is 0 Å². The van der Waals surface area contributed by atoms with Crippen molar-refractivity contribution in [2.24, 2.45) is 0 Å². The van der Waals surface area contributed by atoms with Gasteiger partial charge in [0.1, 0.15) is 0 Å². The first kappa shape index (κ1) is 11.2. The van der Waals surface area contributed by atoms with Crippen LogP contribution in [0.3, 0.4) is 0 Å². The Kier molecular flexibility index (Phi) is 3.14. The first-order valence-corrected chi connectivity index (χ1v) is 7.16. The van der Waals surface area contributed by atoms with Crippen molar-refractivity contribution in [2.45, 2.75) is 25.7 Å². The zero-order valence-corrected chi connectivity index (χ0v) is 11.8. The van der Waals surface area contributed by atoms with Crippen molar-refractivity contribution in [2.75, 3.05) is 0 Å². The van der Waals surface area contributed by atoms with Gasteiger partial charge in [0.15, 0.2) is 0 Å². The highest BCUT2D eigenvalue weighted by molar-refractivity contribution is 14.1. The molecule has 0 spiro atoms. The van der Waals surface area contributed by atoms with Gasteiger partial charge in [0.05, 0.1) is 5.69 Å². The molecule has 0 N–H and O–H groups in total. The second kappa shape index (κ2) is 4.77. The normalized spacial score (nSPS) is 14.4. The molecule has 0 fully saturated rings. The van der Waals surface area contributed by atoms with Gasteiger partial charge in [-0.25, -0.2) is 0 Å². The number of pyridine rings is 1. The van der Waals surface area contributed by atoms with Crippen LogP contribution < -0.4 is 0 Å². The van der Waals surface area contributed by atoms with Crippen LogP contribution in [-0.4, -0.2) is 4.98 Å².